The van der Waals surface area contributed by atoms with Gasteiger partial charge in [-0.15, -0.1) is 0 Å². The van der Waals surface area contributed by atoms with Crippen molar-refractivity contribution in [1.29, 1.82) is 0 Å². The van der Waals surface area contributed by atoms with Gasteiger partial charge in [0.25, 0.3) is 5.56 Å². The molecule has 1 aliphatic heterocycles. The van der Waals surface area contributed by atoms with Gasteiger partial charge in [0.1, 0.15) is 22.2 Å². The van der Waals surface area contributed by atoms with Crippen LogP contribution in [0.3, 0.4) is 0 Å². The summed E-state index contributed by atoms with van der Waals surface area (Å²) in [5, 5.41) is 7.89. The van der Waals surface area contributed by atoms with Gasteiger partial charge in [-0.05, 0) is 53.0 Å². The fraction of sp³-hybridized carbons (Fsp3) is 0.385. The van der Waals surface area contributed by atoms with Crippen molar-refractivity contribution < 1.29 is 17.2 Å². The van der Waals surface area contributed by atoms with E-state index in [-0.39, 0.29) is 42.3 Å². The number of benzene rings is 2. The summed E-state index contributed by atoms with van der Waals surface area (Å²) in [5.41, 5.74) is 1.41. The quantitative estimate of drug-likeness (QED) is 0.414. The van der Waals surface area contributed by atoms with Crippen molar-refractivity contribution in [3.63, 3.8) is 0 Å². The molecule has 0 atom stereocenters. The average Bonchev–Trinajstić information content (AvgIpc) is 2.93. The highest BCUT2D eigenvalue weighted by molar-refractivity contribution is 9.10. The van der Waals surface area contributed by atoms with E-state index in [1.807, 2.05) is 35.2 Å². The van der Waals surface area contributed by atoms with E-state index in [2.05, 4.69) is 26.3 Å². The lowest BCUT2D eigenvalue weighted by molar-refractivity contribution is 0.381. The molecule has 2 aliphatic rings. The number of para-hydroxylation sites is 1. The molecule has 202 valence electrons. The largest absolute Gasteiger partial charge is 0.376 e. The summed E-state index contributed by atoms with van der Waals surface area (Å²) in [6.07, 6.45) is 6.92. The molecule has 1 aromatic heterocycles. The second kappa shape index (κ2) is 11.1. The molecule has 5 rings (SSSR count). The standard InChI is InChI=1S/C26H28BrF2N5O3S/c27-20-15-22(29)24(16-21(20)28)38(36,37)33-13-11-32(12-14-33)23-17-30-34(19-9-5-2-6-10-19)26(35)25(23)31-18-7-3-1-4-8-18/h2,5-6,9-10,15-18,31H,1,3-4,7-8,11-14H2. The number of hydrogen-bond acceptors (Lipinski definition) is 6. The minimum absolute atomic E-state index is 0.0457. The Labute approximate surface area is 228 Å². The predicted molar refractivity (Wildman–Crippen MR) is 145 cm³/mol. The van der Waals surface area contributed by atoms with Crippen LogP contribution in [0.5, 0.6) is 0 Å². The van der Waals surface area contributed by atoms with Crippen molar-refractivity contribution in [2.45, 2.75) is 43.0 Å². The van der Waals surface area contributed by atoms with Gasteiger partial charge >= 0.3 is 0 Å². The number of rotatable bonds is 6. The minimum Gasteiger partial charge on any atom is -0.376 e. The van der Waals surface area contributed by atoms with Gasteiger partial charge in [0, 0.05) is 32.2 Å². The molecule has 0 radical (unpaired) electrons. The third kappa shape index (κ3) is 5.34. The second-order valence-corrected chi connectivity index (χ2v) is 12.3. The molecule has 1 aliphatic carbocycles. The minimum atomic E-state index is -4.25. The second-order valence-electron chi connectivity index (χ2n) is 9.52. The molecule has 0 bridgehead atoms. The van der Waals surface area contributed by atoms with Crippen LogP contribution in [0.4, 0.5) is 20.2 Å². The number of nitrogens with zero attached hydrogens (tertiary/aromatic N) is 4. The third-order valence-electron chi connectivity index (χ3n) is 7.08. The molecule has 1 N–H and O–H groups in total. The van der Waals surface area contributed by atoms with Crippen LogP contribution in [-0.2, 0) is 10.0 Å². The van der Waals surface area contributed by atoms with Crippen LogP contribution in [-0.4, -0.2) is 54.7 Å². The van der Waals surface area contributed by atoms with Gasteiger partial charge in [0.05, 0.1) is 22.0 Å². The van der Waals surface area contributed by atoms with E-state index < -0.39 is 26.6 Å². The van der Waals surface area contributed by atoms with Crippen molar-refractivity contribution in [3.8, 4) is 5.69 Å². The van der Waals surface area contributed by atoms with Crippen LogP contribution >= 0.6 is 15.9 Å². The molecule has 0 unspecified atom stereocenters. The molecule has 0 amide bonds. The predicted octanol–water partition coefficient (Wildman–Crippen LogP) is 4.53. The number of nitrogens with one attached hydrogen (secondary N) is 1. The fourth-order valence-corrected chi connectivity index (χ4v) is 6.83. The van der Waals surface area contributed by atoms with E-state index in [1.54, 1.807) is 6.20 Å². The molecule has 2 fully saturated rings. The Bertz CT molecular complexity index is 1470. The zero-order valence-corrected chi connectivity index (χ0v) is 23.0. The summed E-state index contributed by atoms with van der Waals surface area (Å²) in [6, 6.07) is 10.8. The summed E-state index contributed by atoms with van der Waals surface area (Å²) < 4.78 is 57.0. The molecule has 12 heteroatoms. The van der Waals surface area contributed by atoms with Crippen LogP contribution in [0.15, 0.2) is 62.8 Å². The van der Waals surface area contributed by atoms with Gasteiger partial charge < -0.3 is 10.2 Å². The average molecular weight is 609 g/mol. The van der Waals surface area contributed by atoms with Crippen molar-refractivity contribution in [3.05, 3.63) is 75.1 Å². The van der Waals surface area contributed by atoms with Crippen LogP contribution in [0.1, 0.15) is 32.1 Å². The van der Waals surface area contributed by atoms with Gasteiger partial charge in [-0.1, -0.05) is 37.5 Å². The number of sulfonamides is 1. The van der Waals surface area contributed by atoms with E-state index in [1.165, 1.54) is 11.1 Å². The number of piperazine rings is 1. The van der Waals surface area contributed by atoms with Crippen molar-refractivity contribution >= 4 is 37.3 Å². The molecule has 8 nitrogen and oxygen atoms in total. The monoisotopic (exact) mass is 607 g/mol. The number of hydrogen-bond donors (Lipinski definition) is 1. The maximum Gasteiger partial charge on any atom is 0.296 e. The van der Waals surface area contributed by atoms with Crippen molar-refractivity contribution in [2.75, 3.05) is 36.4 Å². The van der Waals surface area contributed by atoms with Gasteiger partial charge in [-0.3, -0.25) is 4.79 Å². The summed E-state index contributed by atoms with van der Waals surface area (Å²) in [5.74, 6) is -1.87. The molecular weight excluding hydrogens is 580 g/mol. The molecule has 38 heavy (non-hydrogen) atoms. The van der Waals surface area contributed by atoms with Crippen LogP contribution in [0.25, 0.3) is 5.69 Å². The van der Waals surface area contributed by atoms with Gasteiger partial charge in [-0.25, -0.2) is 17.2 Å². The number of anilines is 2. The topological polar surface area (TPSA) is 87.5 Å². The van der Waals surface area contributed by atoms with Gasteiger partial charge in [0.2, 0.25) is 10.0 Å². The van der Waals surface area contributed by atoms with E-state index in [0.29, 0.717) is 23.1 Å². The SMILES string of the molecule is O=c1c(NC2CCCCC2)c(N2CCN(S(=O)(=O)c3cc(F)c(Br)cc3F)CC2)cnn1-c1ccccc1. The first kappa shape index (κ1) is 26.8. The Morgan fingerprint density at radius 3 is 2.32 bits per heavy atom. The van der Waals surface area contributed by atoms with Crippen LogP contribution in [0, 0.1) is 11.6 Å². The smallest absolute Gasteiger partial charge is 0.296 e. The summed E-state index contributed by atoms with van der Waals surface area (Å²) >= 11 is 2.88. The highest BCUT2D eigenvalue weighted by Crippen LogP contribution is 2.30. The molecular formula is C26H28BrF2N5O3S. The summed E-state index contributed by atoms with van der Waals surface area (Å²) in [4.78, 5) is 14.9. The van der Waals surface area contributed by atoms with E-state index in [0.717, 1.165) is 36.1 Å². The molecule has 3 aromatic rings. The maximum atomic E-state index is 14.5. The number of aromatic nitrogens is 2. The Morgan fingerprint density at radius 2 is 1.63 bits per heavy atom. The van der Waals surface area contributed by atoms with Crippen molar-refractivity contribution in [2.24, 2.45) is 0 Å². The highest BCUT2D eigenvalue weighted by atomic mass is 79.9. The zero-order chi connectivity index (χ0) is 26.9. The highest BCUT2D eigenvalue weighted by Gasteiger charge is 2.33. The molecule has 2 heterocycles. The third-order valence-corrected chi connectivity index (χ3v) is 9.61. The van der Waals surface area contributed by atoms with Crippen LogP contribution < -0.4 is 15.8 Å². The molecule has 2 aromatic carbocycles. The van der Waals surface area contributed by atoms with Gasteiger partial charge in [-0.2, -0.15) is 14.1 Å². The molecule has 1 saturated carbocycles. The van der Waals surface area contributed by atoms with Crippen molar-refractivity contribution in [1.82, 2.24) is 14.1 Å². The Kier molecular flexibility index (Phi) is 7.83. The summed E-state index contributed by atoms with van der Waals surface area (Å²) in [6.45, 7) is 0.611. The molecule has 0 spiro atoms. The lowest BCUT2D eigenvalue weighted by Crippen LogP contribution is -2.49. The lowest BCUT2D eigenvalue weighted by Gasteiger charge is -2.36. The van der Waals surface area contributed by atoms with Gasteiger partial charge in [0.15, 0.2) is 0 Å². The summed E-state index contributed by atoms with van der Waals surface area (Å²) in [7, 11) is -4.25. The first-order valence-electron chi connectivity index (χ1n) is 12.6. The molecule has 1 saturated heterocycles. The van der Waals surface area contributed by atoms with E-state index in [9.17, 15) is 22.0 Å². The van der Waals surface area contributed by atoms with E-state index >= 15 is 0 Å². The normalized spacial score (nSPS) is 17.5. The lowest BCUT2D eigenvalue weighted by atomic mass is 9.95. The fourth-order valence-electron chi connectivity index (χ4n) is 5.03. The van der Waals surface area contributed by atoms with E-state index in [4.69, 9.17) is 0 Å². The Balaban J connectivity index is 1.42. The number of halogens is 3. The first-order valence-corrected chi connectivity index (χ1v) is 14.8. The zero-order valence-electron chi connectivity index (χ0n) is 20.6. The van der Waals surface area contributed by atoms with Crippen LogP contribution in [0.2, 0.25) is 0 Å². The first-order chi connectivity index (χ1) is 18.3. The Morgan fingerprint density at radius 1 is 0.947 bits per heavy atom. The Hall–Kier alpha value is -2.83. The maximum absolute atomic E-state index is 14.5.